The molecule has 7 heteroatoms. The Labute approximate surface area is 170 Å². The van der Waals surface area contributed by atoms with Crippen LogP contribution >= 0.6 is 35.6 Å². The molecule has 0 atom stereocenters. The Morgan fingerprint density at radius 1 is 1.12 bits per heavy atom. The quantitative estimate of drug-likeness (QED) is 0.366. The third kappa shape index (κ3) is 6.62. The molecule has 0 radical (unpaired) electrons. The van der Waals surface area contributed by atoms with Crippen LogP contribution in [0.2, 0.25) is 5.02 Å². The number of guanidine groups is 1. The molecule has 0 saturated heterocycles. The third-order valence-electron chi connectivity index (χ3n) is 3.32. The summed E-state index contributed by atoms with van der Waals surface area (Å²) in [5, 5.41) is 7.21. The van der Waals surface area contributed by atoms with E-state index in [2.05, 4.69) is 15.6 Å². The average molecular weight is 476 g/mol. The van der Waals surface area contributed by atoms with Crippen LogP contribution in [0, 0.1) is 0 Å². The fourth-order valence-electron chi connectivity index (χ4n) is 2.12. The van der Waals surface area contributed by atoms with Crippen molar-refractivity contribution in [2.24, 2.45) is 4.99 Å². The number of hydrogen-bond acceptors (Lipinski definition) is 3. The maximum absolute atomic E-state index is 5.89. The van der Waals surface area contributed by atoms with E-state index in [1.165, 1.54) is 0 Å². The maximum Gasteiger partial charge on any atom is 0.195 e. The summed E-state index contributed by atoms with van der Waals surface area (Å²) in [4.78, 5) is 4.23. The van der Waals surface area contributed by atoms with E-state index in [4.69, 9.17) is 21.1 Å². The van der Waals surface area contributed by atoms with Crippen molar-refractivity contribution in [2.45, 2.75) is 13.5 Å². The van der Waals surface area contributed by atoms with Crippen molar-refractivity contribution in [1.29, 1.82) is 0 Å². The first kappa shape index (κ1) is 21.4. The zero-order chi connectivity index (χ0) is 17.4. The Kier molecular flexibility index (Phi) is 9.44. The second-order valence-corrected chi connectivity index (χ2v) is 5.41. The van der Waals surface area contributed by atoms with Crippen molar-refractivity contribution < 1.29 is 9.47 Å². The molecule has 0 heterocycles. The third-order valence-corrected chi connectivity index (χ3v) is 3.58. The van der Waals surface area contributed by atoms with Crippen molar-refractivity contribution in [3.63, 3.8) is 0 Å². The van der Waals surface area contributed by atoms with E-state index in [-0.39, 0.29) is 24.0 Å². The highest BCUT2D eigenvalue weighted by molar-refractivity contribution is 14.0. The average Bonchev–Trinajstić information content (AvgIpc) is 2.61. The van der Waals surface area contributed by atoms with Gasteiger partial charge in [0.2, 0.25) is 0 Å². The lowest BCUT2D eigenvalue weighted by atomic mass is 10.2. The van der Waals surface area contributed by atoms with Crippen LogP contribution in [0.1, 0.15) is 12.5 Å². The first-order valence-electron chi connectivity index (χ1n) is 7.69. The normalized spacial score (nSPS) is 10.6. The number of aliphatic imine (C=N–C) groups is 1. The van der Waals surface area contributed by atoms with Gasteiger partial charge in [-0.05, 0) is 36.8 Å². The molecule has 2 N–H and O–H groups in total. The van der Waals surface area contributed by atoms with Crippen LogP contribution in [-0.4, -0.2) is 26.7 Å². The SMILES string of the molecule is CCOc1ccc(NC(=NC)NCc2ccc(Cl)cc2)cc1OC.I. The number of benzene rings is 2. The molecule has 0 aliphatic carbocycles. The van der Waals surface area contributed by atoms with Crippen molar-refractivity contribution in [2.75, 3.05) is 26.1 Å². The largest absolute Gasteiger partial charge is 0.493 e. The van der Waals surface area contributed by atoms with Gasteiger partial charge in [-0.15, -0.1) is 24.0 Å². The first-order chi connectivity index (χ1) is 11.7. The van der Waals surface area contributed by atoms with Gasteiger partial charge in [0.05, 0.1) is 13.7 Å². The van der Waals surface area contributed by atoms with Gasteiger partial charge in [-0.1, -0.05) is 23.7 Å². The lowest BCUT2D eigenvalue weighted by Gasteiger charge is -2.14. The Morgan fingerprint density at radius 3 is 2.44 bits per heavy atom. The van der Waals surface area contributed by atoms with Gasteiger partial charge >= 0.3 is 0 Å². The lowest BCUT2D eigenvalue weighted by molar-refractivity contribution is 0.311. The van der Waals surface area contributed by atoms with Crippen LogP contribution in [-0.2, 0) is 6.54 Å². The van der Waals surface area contributed by atoms with Gasteiger partial charge in [0.25, 0.3) is 0 Å². The predicted octanol–water partition coefficient (Wildman–Crippen LogP) is 4.55. The first-order valence-corrected chi connectivity index (χ1v) is 8.07. The van der Waals surface area contributed by atoms with E-state index in [9.17, 15) is 0 Å². The molecule has 0 amide bonds. The zero-order valence-electron chi connectivity index (χ0n) is 14.5. The number of nitrogens with one attached hydrogen (secondary N) is 2. The summed E-state index contributed by atoms with van der Waals surface area (Å²) < 4.78 is 10.9. The van der Waals surface area contributed by atoms with E-state index in [0.29, 0.717) is 24.9 Å². The number of rotatable bonds is 6. The van der Waals surface area contributed by atoms with Gasteiger partial charge in [0.15, 0.2) is 17.5 Å². The molecule has 0 unspecified atom stereocenters. The molecule has 2 aromatic rings. The smallest absolute Gasteiger partial charge is 0.195 e. The molecule has 0 aromatic heterocycles. The Hall–Kier alpha value is -1.67. The molecule has 0 saturated carbocycles. The van der Waals surface area contributed by atoms with Gasteiger partial charge in [-0.2, -0.15) is 0 Å². The number of ether oxygens (including phenoxy) is 2. The number of anilines is 1. The zero-order valence-corrected chi connectivity index (χ0v) is 17.6. The van der Waals surface area contributed by atoms with Gasteiger partial charge in [0, 0.05) is 30.4 Å². The number of hydrogen-bond donors (Lipinski definition) is 2. The highest BCUT2D eigenvalue weighted by Crippen LogP contribution is 2.30. The molecule has 2 rings (SSSR count). The summed E-state index contributed by atoms with van der Waals surface area (Å²) in [6.45, 7) is 3.17. The van der Waals surface area contributed by atoms with Crippen LogP contribution in [0.3, 0.4) is 0 Å². The summed E-state index contributed by atoms with van der Waals surface area (Å²) in [6, 6.07) is 13.4. The van der Waals surface area contributed by atoms with Gasteiger partial charge in [-0.3, -0.25) is 4.99 Å². The van der Waals surface area contributed by atoms with Crippen LogP contribution in [0.5, 0.6) is 11.5 Å². The molecule has 136 valence electrons. The minimum absolute atomic E-state index is 0. The molecule has 5 nitrogen and oxygen atoms in total. The van der Waals surface area contributed by atoms with E-state index >= 15 is 0 Å². The second kappa shape index (κ2) is 11.0. The van der Waals surface area contributed by atoms with Crippen molar-refractivity contribution in [3.8, 4) is 11.5 Å². The maximum atomic E-state index is 5.89. The van der Waals surface area contributed by atoms with Crippen LogP contribution in [0.25, 0.3) is 0 Å². The monoisotopic (exact) mass is 475 g/mol. The summed E-state index contributed by atoms with van der Waals surface area (Å²) in [5.41, 5.74) is 1.98. The van der Waals surface area contributed by atoms with Gasteiger partial charge in [0.1, 0.15) is 0 Å². The molecular weight excluding hydrogens is 453 g/mol. The van der Waals surface area contributed by atoms with Crippen LogP contribution in [0.15, 0.2) is 47.5 Å². The molecule has 0 fully saturated rings. The van der Waals surface area contributed by atoms with Crippen molar-refractivity contribution >= 4 is 47.2 Å². The Morgan fingerprint density at radius 2 is 1.84 bits per heavy atom. The fraction of sp³-hybridized carbons (Fsp3) is 0.278. The standard InChI is InChI=1S/C18H22ClN3O2.HI/c1-4-24-16-10-9-15(11-17(16)23-3)22-18(20-2)21-12-13-5-7-14(19)8-6-13;/h5-11H,4,12H2,1-3H3,(H2,20,21,22);1H. The minimum Gasteiger partial charge on any atom is -0.493 e. The molecule has 25 heavy (non-hydrogen) atoms. The topological polar surface area (TPSA) is 54.9 Å². The lowest BCUT2D eigenvalue weighted by Crippen LogP contribution is -2.30. The molecule has 0 bridgehead atoms. The van der Waals surface area contributed by atoms with E-state index in [0.717, 1.165) is 22.0 Å². The summed E-state index contributed by atoms with van der Waals surface area (Å²) >= 11 is 5.89. The number of methoxy groups -OCH3 is 1. The molecule has 0 spiro atoms. The van der Waals surface area contributed by atoms with E-state index in [1.807, 2.05) is 49.4 Å². The summed E-state index contributed by atoms with van der Waals surface area (Å²) in [5.74, 6) is 2.06. The van der Waals surface area contributed by atoms with E-state index < -0.39 is 0 Å². The van der Waals surface area contributed by atoms with Crippen LogP contribution < -0.4 is 20.1 Å². The van der Waals surface area contributed by atoms with Gasteiger partial charge in [-0.25, -0.2) is 0 Å². The predicted molar refractivity (Wildman–Crippen MR) is 115 cm³/mol. The Balaban J connectivity index is 0.00000312. The number of halogens is 2. The molecular formula is C18H23ClIN3O2. The fourth-order valence-corrected chi connectivity index (χ4v) is 2.25. The molecule has 0 aliphatic rings. The number of nitrogens with zero attached hydrogens (tertiary/aromatic N) is 1. The highest BCUT2D eigenvalue weighted by Gasteiger charge is 2.07. The minimum atomic E-state index is 0. The second-order valence-electron chi connectivity index (χ2n) is 4.98. The van der Waals surface area contributed by atoms with Crippen LogP contribution in [0.4, 0.5) is 5.69 Å². The summed E-state index contributed by atoms with van der Waals surface area (Å²) in [6.07, 6.45) is 0. The van der Waals surface area contributed by atoms with Gasteiger partial charge < -0.3 is 20.1 Å². The summed E-state index contributed by atoms with van der Waals surface area (Å²) in [7, 11) is 3.35. The highest BCUT2D eigenvalue weighted by atomic mass is 127. The Bertz CT molecular complexity index is 693. The molecule has 2 aromatic carbocycles. The van der Waals surface area contributed by atoms with E-state index in [1.54, 1.807) is 14.2 Å². The van der Waals surface area contributed by atoms with Crippen molar-refractivity contribution in [3.05, 3.63) is 53.1 Å². The molecule has 0 aliphatic heterocycles. The van der Waals surface area contributed by atoms with Crippen molar-refractivity contribution in [1.82, 2.24) is 5.32 Å².